The van der Waals surface area contributed by atoms with E-state index in [1.807, 2.05) is 6.92 Å². The normalized spacial score (nSPS) is 39.9. The Labute approximate surface area is 230 Å². The minimum Gasteiger partial charge on any atom is -0.496 e. The molecule has 1 aromatic rings. The summed E-state index contributed by atoms with van der Waals surface area (Å²) in [4.78, 5) is 25.1. The van der Waals surface area contributed by atoms with Crippen LogP contribution in [0.3, 0.4) is 0 Å². The summed E-state index contributed by atoms with van der Waals surface area (Å²) in [5.41, 5.74) is 0.0940. The third-order valence-corrected chi connectivity index (χ3v) is 10.8. The second kappa shape index (κ2) is 9.64. The van der Waals surface area contributed by atoms with E-state index in [1.54, 1.807) is 7.11 Å². The van der Waals surface area contributed by atoms with Crippen LogP contribution in [0.2, 0.25) is 0 Å². The number of hydrogen-bond acceptors (Lipinski definition) is 5. The van der Waals surface area contributed by atoms with Gasteiger partial charge in [0, 0.05) is 43.0 Å². The number of amides is 1. The van der Waals surface area contributed by atoms with Gasteiger partial charge in [0.05, 0.1) is 24.5 Å². The van der Waals surface area contributed by atoms with E-state index in [-0.39, 0.29) is 29.5 Å². The van der Waals surface area contributed by atoms with Gasteiger partial charge in [-0.1, -0.05) is 6.92 Å². The molecule has 0 heterocycles. The highest BCUT2D eigenvalue weighted by Crippen LogP contribution is 2.63. The summed E-state index contributed by atoms with van der Waals surface area (Å²) < 4.78 is 26.3. The number of carbonyl (C=O) groups is 2. The zero-order valence-corrected chi connectivity index (χ0v) is 23.5. The summed E-state index contributed by atoms with van der Waals surface area (Å²) in [6.45, 7) is 4.49. The van der Waals surface area contributed by atoms with Crippen LogP contribution in [0.4, 0.5) is 4.39 Å². The number of benzene rings is 1. The van der Waals surface area contributed by atoms with E-state index in [1.165, 1.54) is 0 Å². The fourth-order valence-electron chi connectivity index (χ4n) is 8.43. The van der Waals surface area contributed by atoms with Crippen molar-refractivity contribution in [1.29, 1.82) is 0 Å². The number of aliphatic carboxylic acids is 1. The van der Waals surface area contributed by atoms with Crippen molar-refractivity contribution >= 4 is 11.9 Å². The van der Waals surface area contributed by atoms with Crippen LogP contribution in [-0.4, -0.2) is 47.4 Å². The second-order valence-corrected chi connectivity index (χ2v) is 13.5. The number of methoxy groups -OCH3 is 1. The number of carboxylic acids is 1. The predicted molar refractivity (Wildman–Crippen MR) is 145 cm³/mol. The van der Waals surface area contributed by atoms with Crippen molar-refractivity contribution in [3.8, 4) is 11.5 Å². The van der Waals surface area contributed by atoms with Gasteiger partial charge in [-0.3, -0.25) is 9.59 Å². The fraction of sp³-hybridized carbons (Fsp3) is 0.742. The Morgan fingerprint density at radius 3 is 2.33 bits per heavy atom. The van der Waals surface area contributed by atoms with E-state index in [0.29, 0.717) is 50.5 Å². The largest absolute Gasteiger partial charge is 0.496 e. The highest BCUT2D eigenvalue weighted by Gasteiger charge is 2.70. The van der Waals surface area contributed by atoms with Gasteiger partial charge in [0.25, 0.3) is 0 Å². The van der Waals surface area contributed by atoms with Gasteiger partial charge in [0.1, 0.15) is 17.2 Å². The number of carbonyl (C=O) groups excluding carboxylic acids is 1. The van der Waals surface area contributed by atoms with Gasteiger partial charge >= 0.3 is 5.97 Å². The van der Waals surface area contributed by atoms with Gasteiger partial charge in [-0.05, 0) is 87.8 Å². The lowest BCUT2D eigenvalue weighted by Gasteiger charge is -2.66. The molecule has 8 heteroatoms. The quantitative estimate of drug-likeness (QED) is 0.388. The molecule has 0 saturated heterocycles. The molecule has 1 amide bonds. The first-order valence-corrected chi connectivity index (χ1v) is 14.9. The lowest BCUT2D eigenvalue weighted by molar-refractivity contribution is -0.177. The van der Waals surface area contributed by atoms with Crippen molar-refractivity contribution in [2.45, 2.75) is 114 Å². The number of carboxylic acid groups (broad SMARTS) is 1. The first-order chi connectivity index (χ1) is 18.6. The van der Waals surface area contributed by atoms with Gasteiger partial charge < -0.3 is 25.2 Å². The summed E-state index contributed by atoms with van der Waals surface area (Å²) in [7, 11) is 1.68. The third kappa shape index (κ3) is 4.70. The van der Waals surface area contributed by atoms with E-state index >= 15 is 0 Å². The van der Waals surface area contributed by atoms with E-state index in [0.717, 1.165) is 61.2 Å². The maximum atomic E-state index is 14.0. The Hall–Kier alpha value is -2.35. The SMILES string of the molecule is CCc1cc(OC)c(CN[C@@H]2[C@H]3CC[C@H](C3)[C@@H]2C(=O)NC23CC(F)(C2)C3)cc1OC1CCC(C)(C(=O)O)CC1. The van der Waals surface area contributed by atoms with Crippen LogP contribution >= 0.6 is 0 Å². The Balaban J connectivity index is 1.14. The van der Waals surface area contributed by atoms with Crippen LogP contribution in [0, 0.1) is 23.2 Å². The lowest BCUT2D eigenvalue weighted by atomic mass is 9.47. The molecule has 7 rings (SSSR count). The van der Waals surface area contributed by atoms with E-state index in [2.05, 4.69) is 29.7 Å². The maximum absolute atomic E-state index is 14.0. The lowest BCUT2D eigenvalue weighted by Crippen LogP contribution is -2.77. The predicted octanol–water partition coefficient (Wildman–Crippen LogP) is 4.94. The molecule has 6 aliphatic rings. The Kier molecular flexibility index (Phi) is 6.63. The third-order valence-electron chi connectivity index (χ3n) is 10.8. The monoisotopic (exact) mass is 542 g/mol. The zero-order valence-electron chi connectivity index (χ0n) is 23.5. The molecule has 6 aliphatic carbocycles. The number of aryl methyl sites for hydroxylation is 1. The molecule has 3 N–H and O–H groups in total. The van der Waals surface area contributed by atoms with Gasteiger partial charge in [0.15, 0.2) is 0 Å². The number of nitrogens with one attached hydrogen (secondary N) is 2. The average Bonchev–Trinajstić information content (AvgIpc) is 3.49. The van der Waals surface area contributed by atoms with Crippen LogP contribution in [0.1, 0.15) is 89.2 Å². The molecular formula is C31H43FN2O5. The Morgan fingerprint density at radius 1 is 1.05 bits per heavy atom. The van der Waals surface area contributed by atoms with Gasteiger partial charge in [-0.25, -0.2) is 4.39 Å². The molecule has 0 unspecified atom stereocenters. The molecular weight excluding hydrogens is 499 g/mol. The Bertz CT molecular complexity index is 1130. The van der Waals surface area contributed by atoms with Crippen molar-refractivity contribution in [3.63, 3.8) is 0 Å². The molecule has 1 aromatic carbocycles. The number of alkyl halides is 1. The Morgan fingerprint density at radius 2 is 1.72 bits per heavy atom. The molecule has 0 aromatic heterocycles. The first-order valence-electron chi connectivity index (χ1n) is 14.9. The van der Waals surface area contributed by atoms with Crippen LogP contribution in [0.15, 0.2) is 12.1 Å². The highest BCUT2D eigenvalue weighted by atomic mass is 19.1. The smallest absolute Gasteiger partial charge is 0.309 e. The number of ether oxygens (including phenoxy) is 2. The van der Waals surface area contributed by atoms with Gasteiger partial charge in [-0.2, -0.15) is 0 Å². The average molecular weight is 543 g/mol. The minimum absolute atomic E-state index is 0.00369. The molecule has 6 fully saturated rings. The number of rotatable bonds is 10. The van der Waals surface area contributed by atoms with Crippen molar-refractivity contribution in [1.82, 2.24) is 10.6 Å². The van der Waals surface area contributed by atoms with Crippen molar-refractivity contribution in [2.75, 3.05) is 7.11 Å². The van der Waals surface area contributed by atoms with Crippen molar-refractivity contribution in [2.24, 2.45) is 23.2 Å². The molecule has 4 atom stereocenters. The molecule has 214 valence electrons. The minimum atomic E-state index is -1.02. The van der Waals surface area contributed by atoms with Gasteiger partial charge in [-0.15, -0.1) is 0 Å². The summed E-state index contributed by atoms with van der Waals surface area (Å²) in [6, 6.07) is 4.22. The summed E-state index contributed by atoms with van der Waals surface area (Å²) >= 11 is 0. The molecule has 39 heavy (non-hydrogen) atoms. The summed E-state index contributed by atoms with van der Waals surface area (Å²) in [5.74, 6) is 1.82. The highest BCUT2D eigenvalue weighted by molar-refractivity contribution is 5.82. The van der Waals surface area contributed by atoms with Crippen molar-refractivity contribution < 1.29 is 28.6 Å². The second-order valence-electron chi connectivity index (χ2n) is 13.5. The van der Waals surface area contributed by atoms with Crippen LogP contribution in [0.25, 0.3) is 0 Å². The molecule has 0 aliphatic heterocycles. The van der Waals surface area contributed by atoms with E-state index in [9.17, 15) is 19.1 Å². The topological polar surface area (TPSA) is 96.9 Å². The molecule has 6 saturated carbocycles. The van der Waals surface area contributed by atoms with E-state index in [4.69, 9.17) is 9.47 Å². The standard InChI is InChI=1S/C31H43FN2O5/c1-4-18-12-23(38-3)21(13-24(18)39-22-7-9-29(2,10-8-22)28(36)37)14-33-26-20-6-5-19(11-20)25(26)27(35)34-31-15-30(32,16-31)17-31/h12-13,19-20,22,25-26,33H,4-11,14-17H2,1-3H3,(H,34,35)(H,36,37)/t19-,20+,22?,25+,26-,29?,30?,31?/m1/s1. The van der Waals surface area contributed by atoms with Crippen molar-refractivity contribution in [3.05, 3.63) is 23.3 Å². The summed E-state index contributed by atoms with van der Waals surface area (Å²) in [5, 5.41) is 16.5. The van der Waals surface area contributed by atoms with Crippen LogP contribution in [0.5, 0.6) is 11.5 Å². The first kappa shape index (κ1) is 26.9. The summed E-state index contributed by atoms with van der Waals surface area (Å²) in [6.07, 6.45) is 8.20. The molecule has 0 spiro atoms. The van der Waals surface area contributed by atoms with E-state index < -0.39 is 17.1 Å². The van der Waals surface area contributed by atoms with Crippen LogP contribution in [-0.2, 0) is 22.6 Å². The number of fused-ring (bicyclic) bond motifs is 2. The number of hydrogen-bond donors (Lipinski definition) is 3. The van der Waals surface area contributed by atoms with Crippen LogP contribution < -0.4 is 20.1 Å². The van der Waals surface area contributed by atoms with Gasteiger partial charge in [0.2, 0.25) is 5.91 Å². The maximum Gasteiger partial charge on any atom is 0.309 e. The molecule has 4 bridgehead atoms. The number of halogens is 1. The zero-order chi connectivity index (χ0) is 27.6. The fourth-order valence-corrected chi connectivity index (χ4v) is 8.43. The molecule has 0 radical (unpaired) electrons. The molecule has 7 nitrogen and oxygen atoms in total.